The predicted molar refractivity (Wildman–Crippen MR) is 124 cm³/mol. The van der Waals surface area contributed by atoms with Crippen LogP contribution in [0, 0.1) is 24.1 Å². The van der Waals surface area contributed by atoms with Crippen molar-refractivity contribution in [3.05, 3.63) is 53.1 Å². The highest BCUT2D eigenvalue weighted by Gasteiger charge is 2.23. The Bertz CT molecular complexity index is 1190. The van der Waals surface area contributed by atoms with Crippen molar-refractivity contribution in [2.24, 2.45) is 0 Å². The molecule has 7 nitrogen and oxygen atoms in total. The molecule has 0 aliphatic rings. The molecule has 0 saturated carbocycles. The van der Waals surface area contributed by atoms with Gasteiger partial charge in [-0.1, -0.05) is 19.6 Å². The van der Waals surface area contributed by atoms with E-state index in [1.807, 2.05) is 0 Å². The maximum absolute atomic E-state index is 15.7. The van der Waals surface area contributed by atoms with Crippen molar-refractivity contribution in [1.29, 1.82) is 5.26 Å². The molecule has 0 aliphatic heterocycles. The standard InChI is InChI=1S/C23H27FN4O3Si/c1-15-10-16(12-25)6-7-18(15)27-21-17(23(29)30-2)11-19-22(20(21)24)28(13-26-19)14-31-8-9-32(3,4)5/h6-7,10-11,13,27H,8-9,14H2,1-5H3. The monoisotopic (exact) mass is 454 g/mol. The van der Waals surface area contributed by atoms with Gasteiger partial charge < -0.3 is 19.4 Å². The van der Waals surface area contributed by atoms with Crippen LogP contribution in [0.2, 0.25) is 25.7 Å². The normalized spacial score (nSPS) is 11.4. The number of rotatable bonds is 8. The van der Waals surface area contributed by atoms with Crippen molar-refractivity contribution in [2.45, 2.75) is 39.3 Å². The molecule has 0 amide bonds. The lowest BCUT2D eigenvalue weighted by Gasteiger charge is -2.17. The fourth-order valence-corrected chi connectivity index (χ4v) is 3.98. The lowest BCUT2D eigenvalue weighted by Crippen LogP contribution is -2.22. The molecule has 1 N–H and O–H groups in total. The lowest BCUT2D eigenvalue weighted by molar-refractivity contribution is 0.0601. The third-order valence-electron chi connectivity index (χ3n) is 5.09. The van der Waals surface area contributed by atoms with Crippen LogP contribution >= 0.6 is 0 Å². The Morgan fingerprint density at radius 2 is 2.06 bits per heavy atom. The molecule has 168 valence electrons. The van der Waals surface area contributed by atoms with Crippen LogP contribution in [0.15, 0.2) is 30.6 Å². The van der Waals surface area contributed by atoms with Crippen LogP contribution in [0.5, 0.6) is 0 Å². The number of fused-ring (bicyclic) bond motifs is 1. The predicted octanol–water partition coefficient (Wildman–Crippen LogP) is 5.20. The van der Waals surface area contributed by atoms with Gasteiger partial charge in [0, 0.05) is 20.4 Å². The second kappa shape index (κ2) is 9.50. The number of benzene rings is 2. The zero-order valence-corrected chi connectivity index (χ0v) is 20.0. The number of ether oxygens (including phenoxy) is 2. The number of nitrogens with zero attached hydrogens (tertiary/aromatic N) is 3. The summed E-state index contributed by atoms with van der Waals surface area (Å²) in [5.41, 5.74) is 2.39. The summed E-state index contributed by atoms with van der Waals surface area (Å²) in [6.07, 6.45) is 1.50. The Morgan fingerprint density at radius 1 is 1.31 bits per heavy atom. The number of aromatic nitrogens is 2. The number of nitrogens with one attached hydrogen (secondary N) is 1. The summed E-state index contributed by atoms with van der Waals surface area (Å²) < 4.78 is 28.0. The summed E-state index contributed by atoms with van der Waals surface area (Å²) in [7, 11) is 0.00401. The van der Waals surface area contributed by atoms with Crippen molar-refractivity contribution < 1.29 is 18.7 Å². The van der Waals surface area contributed by atoms with E-state index in [4.69, 9.17) is 14.7 Å². The SMILES string of the molecule is COC(=O)c1cc2ncn(COCC[Si](C)(C)C)c2c(F)c1Nc1ccc(C#N)cc1C. The molecule has 1 aromatic heterocycles. The Kier molecular flexibility index (Phi) is 6.96. The van der Waals surface area contributed by atoms with Gasteiger partial charge in [-0.2, -0.15) is 5.26 Å². The van der Waals surface area contributed by atoms with Gasteiger partial charge >= 0.3 is 5.97 Å². The van der Waals surface area contributed by atoms with Crippen molar-refractivity contribution in [1.82, 2.24) is 9.55 Å². The first-order chi connectivity index (χ1) is 15.1. The molecule has 0 spiro atoms. The molecule has 0 aliphatic carbocycles. The minimum Gasteiger partial charge on any atom is -0.465 e. The first kappa shape index (κ1) is 23.4. The minimum atomic E-state index is -1.24. The number of aryl methyl sites for hydroxylation is 1. The molecule has 0 unspecified atom stereocenters. The van der Waals surface area contributed by atoms with Crippen LogP contribution in [0.3, 0.4) is 0 Å². The number of carbonyl (C=O) groups excluding carboxylic acids is 1. The van der Waals surface area contributed by atoms with E-state index < -0.39 is 19.9 Å². The van der Waals surface area contributed by atoms with Crippen LogP contribution in [0.25, 0.3) is 11.0 Å². The van der Waals surface area contributed by atoms with E-state index in [0.717, 1.165) is 11.6 Å². The number of hydrogen-bond donors (Lipinski definition) is 1. The van der Waals surface area contributed by atoms with Crippen molar-refractivity contribution in [3.63, 3.8) is 0 Å². The quantitative estimate of drug-likeness (QED) is 0.286. The van der Waals surface area contributed by atoms with Crippen molar-refractivity contribution in [2.75, 3.05) is 19.0 Å². The second-order valence-corrected chi connectivity index (χ2v) is 14.4. The van der Waals surface area contributed by atoms with Crippen LogP contribution in [0.4, 0.5) is 15.8 Å². The molecular weight excluding hydrogens is 427 g/mol. The van der Waals surface area contributed by atoms with Gasteiger partial charge in [0.15, 0.2) is 5.82 Å². The Labute approximate surface area is 187 Å². The summed E-state index contributed by atoms with van der Waals surface area (Å²) in [5.74, 6) is -1.31. The number of anilines is 2. The third-order valence-corrected chi connectivity index (χ3v) is 6.80. The Morgan fingerprint density at radius 3 is 2.69 bits per heavy atom. The van der Waals surface area contributed by atoms with Crippen LogP contribution in [0.1, 0.15) is 21.5 Å². The molecule has 9 heteroatoms. The third kappa shape index (κ3) is 5.15. The first-order valence-electron chi connectivity index (χ1n) is 10.3. The molecule has 0 radical (unpaired) electrons. The van der Waals surface area contributed by atoms with Crippen molar-refractivity contribution >= 4 is 36.5 Å². The molecule has 32 heavy (non-hydrogen) atoms. The first-order valence-corrected chi connectivity index (χ1v) is 14.0. The van der Waals surface area contributed by atoms with Crippen LogP contribution < -0.4 is 5.32 Å². The summed E-state index contributed by atoms with van der Waals surface area (Å²) in [6, 6.07) is 9.56. The van der Waals surface area contributed by atoms with E-state index in [0.29, 0.717) is 23.4 Å². The van der Waals surface area contributed by atoms with Gasteiger partial charge in [0.1, 0.15) is 12.2 Å². The summed E-state index contributed by atoms with van der Waals surface area (Å²) in [4.78, 5) is 16.6. The molecule has 1 heterocycles. The number of methoxy groups -OCH3 is 1. The zero-order chi connectivity index (χ0) is 23.5. The average Bonchev–Trinajstić information content (AvgIpc) is 3.16. The number of nitriles is 1. The van der Waals surface area contributed by atoms with E-state index in [-0.39, 0.29) is 23.5 Å². The molecule has 3 aromatic rings. The molecule has 0 atom stereocenters. The number of carbonyl (C=O) groups is 1. The minimum absolute atomic E-state index is 0.0130. The van der Waals surface area contributed by atoms with E-state index in [9.17, 15) is 4.79 Å². The van der Waals surface area contributed by atoms with E-state index >= 15 is 4.39 Å². The van der Waals surface area contributed by atoms with Gasteiger partial charge in [0.2, 0.25) is 0 Å². The molecule has 3 rings (SSSR count). The highest BCUT2D eigenvalue weighted by atomic mass is 28.3. The number of halogens is 1. The Balaban J connectivity index is 2.00. The lowest BCUT2D eigenvalue weighted by atomic mass is 10.1. The van der Waals surface area contributed by atoms with Crippen LogP contribution in [-0.2, 0) is 16.2 Å². The average molecular weight is 455 g/mol. The highest BCUT2D eigenvalue weighted by molar-refractivity contribution is 6.76. The van der Waals surface area contributed by atoms with E-state index in [1.54, 1.807) is 29.7 Å². The Hall–Kier alpha value is -3.22. The fourth-order valence-electron chi connectivity index (χ4n) is 3.23. The van der Waals surface area contributed by atoms with Crippen molar-refractivity contribution in [3.8, 4) is 6.07 Å². The van der Waals surface area contributed by atoms with Gasteiger partial charge in [-0.15, -0.1) is 0 Å². The van der Waals surface area contributed by atoms with E-state index in [1.165, 1.54) is 19.5 Å². The molecule has 0 bridgehead atoms. The topological polar surface area (TPSA) is 89.2 Å². The maximum atomic E-state index is 15.7. The number of esters is 1. The summed E-state index contributed by atoms with van der Waals surface area (Å²) >= 11 is 0. The number of imidazole rings is 1. The zero-order valence-electron chi connectivity index (χ0n) is 19.0. The molecule has 2 aromatic carbocycles. The maximum Gasteiger partial charge on any atom is 0.340 e. The van der Waals surface area contributed by atoms with Gasteiger partial charge in [0.05, 0.1) is 41.8 Å². The van der Waals surface area contributed by atoms with Gasteiger partial charge in [-0.25, -0.2) is 14.2 Å². The van der Waals surface area contributed by atoms with Crippen LogP contribution in [-0.4, -0.2) is 37.3 Å². The summed E-state index contributed by atoms with van der Waals surface area (Å²) in [5, 5.41) is 12.1. The summed E-state index contributed by atoms with van der Waals surface area (Å²) in [6.45, 7) is 9.34. The highest BCUT2D eigenvalue weighted by Crippen LogP contribution is 2.32. The largest absolute Gasteiger partial charge is 0.465 e. The molecule has 0 fully saturated rings. The number of hydrogen-bond acceptors (Lipinski definition) is 6. The van der Waals surface area contributed by atoms with E-state index in [2.05, 4.69) is 36.0 Å². The van der Waals surface area contributed by atoms with Gasteiger partial charge in [0.25, 0.3) is 0 Å². The van der Waals surface area contributed by atoms with Gasteiger partial charge in [-0.05, 0) is 42.8 Å². The molecule has 0 saturated heterocycles. The smallest absolute Gasteiger partial charge is 0.340 e. The fraction of sp³-hybridized carbons (Fsp3) is 0.348. The van der Waals surface area contributed by atoms with Gasteiger partial charge in [-0.3, -0.25) is 0 Å². The molecular formula is C23H27FN4O3Si. The second-order valence-electron chi connectivity index (χ2n) is 8.80.